The molecule has 1 aromatic carbocycles. The third-order valence-electron chi connectivity index (χ3n) is 7.51. The zero-order valence-corrected chi connectivity index (χ0v) is 19.1. The third kappa shape index (κ3) is 3.40. The van der Waals surface area contributed by atoms with Crippen molar-refractivity contribution in [3.05, 3.63) is 30.3 Å². The van der Waals surface area contributed by atoms with Crippen LogP contribution in [0.25, 0.3) is 0 Å². The maximum atomic E-state index is 6.05. The molecular weight excluding hydrogens is 463 g/mol. The predicted molar refractivity (Wildman–Crippen MR) is 125 cm³/mol. The first-order chi connectivity index (χ1) is 13.3. The number of nitrogens with zero attached hydrogens (tertiary/aromatic N) is 2. The van der Waals surface area contributed by atoms with Crippen molar-refractivity contribution in [1.82, 2.24) is 10.6 Å². The second-order valence-electron chi connectivity index (χ2n) is 8.77. The maximum absolute atomic E-state index is 6.05. The normalized spacial score (nSPS) is 31.4. The first-order valence-corrected chi connectivity index (χ1v) is 10.7. The fourth-order valence-corrected chi connectivity index (χ4v) is 5.89. The van der Waals surface area contributed by atoms with Crippen LogP contribution in [-0.2, 0) is 4.74 Å². The fraction of sp³-hybridized carbons (Fsp3) is 0.682. The first kappa shape index (κ1) is 20.3. The van der Waals surface area contributed by atoms with E-state index >= 15 is 0 Å². The summed E-state index contributed by atoms with van der Waals surface area (Å²) in [5.41, 5.74) is 1.74. The molecule has 6 heteroatoms. The van der Waals surface area contributed by atoms with Gasteiger partial charge in [0, 0.05) is 55.8 Å². The van der Waals surface area contributed by atoms with Crippen LogP contribution in [0, 0.1) is 11.3 Å². The van der Waals surface area contributed by atoms with Crippen LogP contribution >= 0.6 is 24.0 Å². The molecule has 0 amide bonds. The molecule has 2 aliphatic carbocycles. The van der Waals surface area contributed by atoms with E-state index in [0.29, 0.717) is 29.5 Å². The molecule has 1 spiro atoms. The van der Waals surface area contributed by atoms with Gasteiger partial charge in [-0.2, -0.15) is 0 Å². The Balaban J connectivity index is 0.00000192. The summed E-state index contributed by atoms with van der Waals surface area (Å²) < 4.78 is 6.05. The van der Waals surface area contributed by atoms with E-state index in [1.807, 2.05) is 7.05 Å². The number of piperidine rings is 1. The summed E-state index contributed by atoms with van der Waals surface area (Å²) in [7, 11) is 1.91. The van der Waals surface area contributed by atoms with E-state index in [1.54, 1.807) is 0 Å². The highest BCUT2D eigenvalue weighted by Crippen LogP contribution is 2.62. The Morgan fingerprint density at radius 3 is 2.50 bits per heavy atom. The summed E-state index contributed by atoms with van der Waals surface area (Å²) in [5, 5.41) is 7.52. The lowest BCUT2D eigenvalue weighted by Gasteiger charge is -2.63. The highest BCUT2D eigenvalue weighted by atomic mass is 127. The van der Waals surface area contributed by atoms with Crippen LogP contribution in [0.15, 0.2) is 35.3 Å². The van der Waals surface area contributed by atoms with Crippen molar-refractivity contribution in [2.75, 3.05) is 31.6 Å². The molecule has 2 heterocycles. The van der Waals surface area contributed by atoms with Crippen molar-refractivity contribution in [1.29, 1.82) is 0 Å². The van der Waals surface area contributed by atoms with Gasteiger partial charge in [-0.3, -0.25) is 4.99 Å². The van der Waals surface area contributed by atoms with E-state index in [1.165, 1.54) is 31.4 Å². The molecular formula is C22H33IN4O. The Bertz CT molecular complexity index is 685. The smallest absolute Gasteiger partial charge is 0.191 e. The standard InChI is InChI=1S/C22H32N4O.HI/c1-23-21(25-19-18-10-15-27-20(18)22(19)11-5-12-22)24-16-8-13-26(14-9-16)17-6-3-2-4-7-17;/h2-4,6-7,16,18-20H,5,8-15H2,1H3,(H2,23,24,25);1H. The zero-order valence-electron chi connectivity index (χ0n) is 16.8. The topological polar surface area (TPSA) is 48.9 Å². The van der Waals surface area contributed by atoms with Crippen LogP contribution in [0.5, 0.6) is 0 Å². The van der Waals surface area contributed by atoms with Crippen LogP contribution in [-0.4, -0.2) is 50.9 Å². The van der Waals surface area contributed by atoms with E-state index in [9.17, 15) is 0 Å². The minimum absolute atomic E-state index is 0. The molecule has 3 unspecified atom stereocenters. The largest absolute Gasteiger partial charge is 0.377 e. The molecule has 0 aromatic heterocycles. The van der Waals surface area contributed by atoms with Crippen molar-refractivity contribution in [3.8, 4) is 0 Å². The number of hydrogen-bond acceptors (Lipinski definition) is 3. The molecule has 0 radical (unpaired) electrons. The molecule has 4 fully saturated rings. The van der Waals surface area contributed by atoms with E-state index < -0.39 is 0 Å². The number of para-hydroxylation sites is 1. The molecule has 2 aliphatic heterocycles. The third-order valence-corrected chi connectivity index (χ3v) is 7.51. The van der Waals surface area contributed by atoms with Crippen molar-refractivity contribution in [2.45, 2.75) is 56.7 Å². The van der Waals surface area contributed by atoms with E-state index in [-0.39, 0.29) is 24.0 Å². The van der Waals surface area contributed by atoms with Crippen molar-refractivity contribution >= 4 is 35.6 Å². The van der Waals surface area contributed by atoms with E-state index in [0.717, 1.165) is 38.5 Å². The number of nitrogens with one attached hydrogen (secondary N) is 2. The Hall–Kier alpha value is -1.02. The van der Waals surface area contributed by atoms with Crippen molar-refractivity contribution < 1.29 is 4.74 Å². The average Bonchev–Trinajstić information content (AvgIpc) is 3.10. The van der Waals surface area contributed by atoms with Gasteiger partial charge in [0.15, 0.2) is 5.96 Å². The molecule has 2 saturated heterocycles. The van der Waals surface area contributed by atoms with Crippen LogP contribution in [0.3, 0.4) is 0 Å². The number of fused-ring (bicyclic) bond motifs is 2. The number of aliphatic imine (C=N–C) groups is 1. The summed E-state index contributed by atoms with van der Waals surface area (Å²) >= 11 is 0. The monoisotopic (exact) mass is 496 g/mol. The summed E-state index contributed by atoms with van der Waals surface area (Å²) in [6.45, 7) is 3.15. The van der Waals surface area contributed by atoms with Gasteiger partial charge in [-0.15, -0.1) is 24.0 Å². The van der Waals surface area contributed by atoms with Crippen molar-refractivity contribution in [2.24, 2.45) is 16.3 Å². The van der Waals surface area contributed by atoms with Gasteiger partial charge in [0.2, 0.25) is 0 Å². The number of hydrogen-bond donors (Lipinski definition) is 2. The van der Waals surface area contributed by atoms with Gasteiger partial charge in [-0.1, -0.05) is 24.6 Å². The SMILES string of the molecule is CN=C(NC1CCN(c2ccccc2)CC1)NC1C2CCOC2C12CCC2.I. The van der Waals surface area contributed by atoms with Gasteiger partial charge >= 0.3 is 0 Å². The number of halogens is 1. The van der Waals surface area contributed by atoms with Crippen LogP contribution in [0.1, 0.15) is 38.5 Å². The number of anilines is 1. The molecule has 5 nitrogen and oxygen atoms in total. The Kier molecular flexibility index (Phi) is 6.06. The Morgan fingerprint density at radius 2 is 1.86 bits per heavy atom. The number of rotatable bonds is 3. The van der Waals surface area contributed by atoms with E-state index in [4.69, 9.17) is 4.74 Å². The van der Waals surface area contributed by atoms with Gasteiger partial charge in [-0.25, -0.2) is 0 Å². The van der Waals surface area contributed by atoms with Gasteiger partial charge in [0.1, 0.15) is 0 Å². The first-order valence-electron chi connectivity index (χ1n) is 10.7. The van der Waals surface area contributed by atoms with Crippen molar-refractivity contribution in [3.63, 3.8) is 0 Å². The van der Waals surface area contributed by atoms with Crippen LogP contribution in [0.4, 0.5) is 5.69 Å². The Morgan fingerprint density at radius 1 is 1.11 bits per heavy atom. The lowest BCUT2D eigenvalue weighted by molar-refractivity contribution is -0.171. The minimum atomic E-state index is 0. The Labute approximate surface area is 185 Å². The van der Waals surface area contributed by atoms with Gasteiger partial charge in [-0.05, 0) is 44.2 Å². The summed E-state index contributed by atoms with van der Waals surface area (Å²) in [6.07, 6.45) is 8.01. The lowest BCUT2D eigenvalue weighted by atomic mass is 9.46. The van der Waals surface area contributed by atoms with E-state index in [2.05, 4.69) is 50.9 Å². The zero-order chi connectivity index (χ0) is 18.3. The van der Waals surface area contributed by atoms with Crippen LogP contribution < -0.4 is 15.5 Å². The molecule has 2 N–H and O–H groups in total. The number of ether oxygens (including phenoxy) is 1. The second-order valence-corrected chi connectivity index (χ2v) is 8.77. The highest BCUT2D eigenvalue weighted by Gasteiger charge is 2.66. The molecule has 0 bridgehead atoms. The number of benzene rings is 1. The molecule has 154 valence electrons. The average molecular weight is 496 g/mol. The molecule has 28 heavy (non-hydrogen) atoms. The van der Waals surface area contributed by atoms with Gasteiger partial charge < -0.3 is 20.3 Å². The molecule has 3 atom stereocenters. The predicted octanol–water partition coefficient (Wildman–Crippen LogP) is 3.40. The second kappa shape index (κ2) is 8.38. The van der Waals surface area contributed by atoms with Crippen LogP contribution in [0.2, 0.25) is 0 Å². The highest BCUT2D eigenvalue weighted by molar-refractivity contribution is 14.0. The minimum Gasteiger partial charge on any atom is -0.377 e. The quantitative estimate of drug-likeness (QED) is 0.383. The maximum Gasteiger partial charge on any atom is 0.191 e. The summed E-state index contributed by atoms with van der Waals surface area (Å²) in [6, 6.07) is 11.8. The van der Waals surface area contributed by atoms with Gasteiger partial charge in [0.25, 0.3) is 0 Å². The van der Waals surface area contributed by atoms with Gasteiger partial charge in [0.05, 0.1) is 6.10 Å². The number of guanidine groups is 1. The molecule has 2 saturated carbocycles. The fourth-order valence-electron chi connectivity index (χ4n) is 5.89. The summed E-state index contributed by atoms with van der Waals surface area (Å²) in [4.78, 5) is 7.05. The molecule has 4 aliphatic rings. The molecule has 1 aromatic rings. The molecule has 5 rings (SSSR count). The lowest BCUT2D eigenvalue weighted by Crippen LogP contribution is -2.72. The summed E-state index contributed by atoms with van der Waals surface area (Å²) in [5.74, 6) is 1.68.